The highest BCUT2D eigenvalue weighted by atomic mass is 32.2. The number of benzene rings is 1. The number of sulfonamides is 1. The summed E-state index contributed by atoms with van der Waals surface area (Å²) in [5.41, 5.74) is 10.4. The van der Waals surface area contributed by atoms with E-state index in [1.54, 1.807) is 0 Å². The van der Waals surface area contributed by atoms with Crippen molar-refractivity contribution in [2.24, 2.45) is 5.11 Å². The molecule has 1 aromatic carbocycles. The van der Waals surface area contributed by atoms with E-state index in [4.69, 9.17) is 15.1 Å². The van der Waals surface area contributed by atoms with E-state index in [2.05, 4.69) is 10.0 Å². The molecule has 13 heteroatoms. The molecule has 3 rings (SSSR count). The van der Waals surface area contributed by atoms with Gasteiger partial charge in [0.15, 0.2) is 0 Å². The highest BCUT2D eigenvalue weighted by Gasteiger charge is 2.35. The van der Waals surface area contributed by atoms with Crippen molar-refractivity contribution in [1.29, 1.82) is 0 Å². The Hall–Kier alpha value is -3.15. The monoisotopic (exact) mass is 493 g/mol. The molecule has 2 heterocycles. The van der Waals surface area contributed by atoms with Gasteiger partial charge in [0.2, 0.25) is 10.0 Å². The van der Waals surface area contributed by atoms with Crippen LogP contribution in [-0.4, -0.2) is 60.7 Å². The zero-order chi connectivity index (χ0) is 24.6. The first-order valence-electron chi connectivity index (χ1n) is 11.1. The average Bonchev–Trinajstić information content (AvgIpc) is 3.12. The molecule has 0 aromatic heterocycles. The Kier molecular flexibility index (Phi) is 8.85. The highest BCUT2D eigenvalue weighted by molar-refractivity contribution is 7.89. The van der Waals surface area contributed by atoms with Gasteiger partial charge < -0.3 is 4.74 Å². The minimum atomic E-state index is -3.78. The van der Waals surface area contributed by atoms with E-state index < -0.39 is 39.8 Å². The molecule has 1 fully saturated rings. The molecule has 1 unspecified atom stereocenters. The fourth-order valence-electron chi connectivity index (χ4n) is 3.89. The molecule has 34 heavy (non-hydrogen) atoms. The number of hydrogen-bond donors (Lipinski definition) is 0. The van der Waals surface area contributed by atoms with Crippen LogP contribution in [0.3, 0.4) is 0 Å². The molecule has 0 radical (unpaired) electrons. The molecule has 1 saturated heterocycles. The van der Waals surface area contributed by atoms with Gasteiger partial charge in [-0.05, 0) is 42.3 Å². The molecular formula is C21H27N5O7S. The van der Waals surface area contributed by atoms with E-state index in [0.29, 0.717) is 43.8 Å². The standard InChI is InChI=1S/C21H27N5O7S/c22-24-23-12-5-1-2-8-18(32-21(29)33-26-19(27)9-10-20(26)28)15-34(30,31)25-13-11-16-6-3-4-7-17(16)14-25/h3-4,6-7,18H,1-2,5,8-15H2. The van der Waals surface area contributed by atoms with Crippen LogP contribution in [0.5, 0.6) is 0 Å². The van der Waals surface area contributed by atoms with E-state index in [-0.39, 0.29) is 25.8 Å². The van der Waals surface area contributed by atoms with E-state index in [0.717, 1.165) is 11.1 Å². The third-order valence-electron chi connectivity index (χ3n) is 5.67. The number of imide groups is 1. The van der Waals surface area contributed by atoms with Gasteiger partial charge in [-0.1, -0.05) is 40.9 Å². The molecule has 0 spiro atoms. The van der Waals surface area contributed by atoms with E-state index in [9.17, 15) is 22.8 Å². The van der Waals surface area contributed by atoms with Crippen LogP contribution < -0.4 is 0 Å². The second kappa shape index (κ2) is 11.8. The number of azide groups is 1. The van der Waals surface area contributed by atoms with Gasteiger partial charge in [0.05, 0.1) is 0 Å². The third kappa shape index (κ3) is 6.92. The predicted octanol–water partition coefficient (Wildman–Crippen LogP) is 2.83. The molecule has 0 saturated carbocycles. The first-order chi connectivity index (χ1) is 16.3. The Morgan fingerprint density at radius 2 is 1.79 bits per heavy atom. The number of hydrogen-bond acceptors (Lipinski definition) is 8. The molecule has 2 aliphatic rings. The molecule has 0 bridgehead atoms. The van der Waals surface area contributed by atoms with Crippen LogP contribution in [0.1, 0.15) is 49.7 Å². The summed E-state index contributed by atoms with van der Waals surface area (Å²) < 4.78 is 32.9. The summed E-state index contributed by atoms with van der Waals surface area (Å²) in [6.07, 6.45) is 0.0831. The second-order valence-corrected chi connectivity index (χ2v) is 10.1. The first kappa shape index (κ1) is 25.5. The molecule has 2 amide bonds. The maximum absolute atomic E-state index is 13.1. The molecule has 1 atom stereocenters. The summed E-state index contributed by atoms with van der Waals surface area (Å²) in [6, 6.07) is 7.62. The zero-order valence-corrected chi connectivity index (χ0v) is 19.5. The lowest BCUT2D eigenvalue weighted by atomic mass is 10.0. The summed E-state index contributed by atoms with van der Waals surface area (Å²) in [7, 11) is -3.78. The van der Waals surface area contributed by atoms with Crippen molar-refractivity contribution in [2.45, 2.75) is 57.6 Å². The Labute approximate surface area is 197 Å². The maximum Gasteiger partial charge on any atom is 0.534 e. The number of hydroxylamine groups is 2. The van der Waals surface area contributed by atoms with Gasteiger partial charge >= 0.3 is 6.16 Å². The molecular weight excluding hydrogens is 466 g/mol. The summed E-state index contributed by atoms with van der Waals surface area (Å²) in [5, 5.41) is 3.81. The van der Waals surface area contributed by atoms with E-state index >= 15 is 0 Å². The lowest BCUT2D eigenvalue weighted by Crippen LogP contribution is -2.41. The van der Waals surface area contributed by atoms with Crippen molar-refractivity contribution in [3.63, 3.8) is 0 Å². The maximum atomic E-state index is 13.1. The Morgan fingerprint density at radius 1 is 1.09 bits per heavy atom. The Morgan fingerprint density at radius 3 is 2.50 bits per heavy atom. The number of nitrogens with zero attached hydrogens (tertiary/aromatic N) is 5. The minimum absolute atomic E-state index is 0.0640. The van der Waals surface area contributed by atoms with Crippen molar-refractivity contribution < 1.29 is 32.4 Å². The van der Waals surface area contributed by atoms with Crippen molar-refractivity contribution in [2.75, 3.05) is 18.8 Å². The molecule has 184 valence electrons. The van der Waals surface area contributed by atoms with Crippen LogP contribution in [0.4, 0.5) is 4.79 Å². The molecule has 0 aliphatic carbocycles. The minimum Gasteiger partial charge on any atom is -0.428 e. The van der Waals surface area contributed by atoms with Gasteiger partial charge in [0.25, 0.3) is 11.8 Å². The van der Waals surface area contributed by atoms with Crippen LogP contribution in [0.15, 0.2) is 29.4 Å². The first-order valence-corrected chi connectivity index (χ1v) is 12.7. The normalized spacial score (nSPS) is 17.1. The number of rotatable bonds is 11. The predicted molar refractivity (Wildman–Crippen MR) is 119 cm³/mol. The van der Waals surface area contributed by atoms with Crippen LogP contribution >= 0.6 is 0 Å². The van der Waals surface area contributed by atoms with Gasteiger partial charge in [-0.15, -0.1) is 0 Å². The quantitative estimate of drug-likeness (QED) is 0.114. The van der Waals surface area contributed by atoms with Gasteiger partial charge in [-0.2, -0.15) is 4.31 Å². The van der Waals surface area contributed by atoms with Crippen LogP contribution in [0, 0.1) is 0 Å². The topological polar surface area (TPSA) is 159 Å². The largest absolute Gasteiger partial charge is 0.534 e. The lowest BCUT2D eigenvalue weighted by molar-refractivity contribution is -0.178. The second-order valence-electron chi connectivity index (χ2n) is 8.10. The van der Waals surface area contributed by atoms with Crippen molar-refractivity contribution in [1.82, 2.24) is 9.37 Å². The summed E-state index contributed by atoms with van der Waals surface area (Å²) in [6.45, 7) is 0.868. The highest BCUT2D eigenvalue weighted by Crippen LogP contribution is 2.23. The van der Waals surface area contributed by atoms with Crippen molar-refractivity contribution in [3.05, 3.63) is 45.8 Å². The molecule has 12 nitrogen and oxygen atoms in total. The van der Waals surface area contributed by atoms with Gasteiger partial charge in [-0.3, -0.25) is 14.4 Å². The third-order valence-corrected chi connectivity index (χ3v) is 7.56. The van der Waals surface area contributed by atoms with E-state index in [1.165, 1.54) is 4.31 Å². The fraction of sp³-hybridized carbons (Fsp3) is 0.571. The van der Waals surface area contributed by atoms with Crippen LogP contribution in [0.25, 0.3) is 10.4 Å². The van der Waals surface area contributed by atoms with Crippen molar-refractivity contribution >= 4 is 28.0 Å². The zero-order valence-electron chi connectivity index (χ0n) is 18.7. The van der Waals surface area contributed by atoms with E-state index in [1.807, 2.05) is 24.3 Å². The summed E-state index contributed by atoms with van der Waals surface area (Å²) >= 11 is 0. The van der Waals surface area contributed by atoms with Gasteiger partial charge in [-0.25, -0.2) is 13.2 Å². The summed E-state index contributed by atoms with van der Waals surface area (Å²) in [5.74, 6) is -1.77. The number of fused-ring (bicyclic) bond motifs is 1. The SMILES string of the molecule is [N-]=[N+]=NCCCCCC(CS(=O)(=O)N1CCc2ccccc2C1)OC(=O)ON1C(=O)CCC1=O. The number of amides is 2. The Balaban J connectivity index is 1.63. The molecule has 0 N–H and O–H groups in total. The number of ether oxygens (including phenoxy) is 1. The number of carbonyl (C=O) groups is 3. The lowest BCUT2D eigenvalue weighted by Gasteiger charge is -2.29. The number of unbranched alkanes of at least 4 members (excludes halogenated alkanes) is 2. The van der Waals surface area contributed by atoms with Crippen molar-refractivity contribution in [3.8, 4) is 0 Å². The number of carbonyl (C=O) groups excluding carboxylic acids is 3. The fourth-order valence-corrected chi connectivity index (χ4v) is 5.51. The smallest absolute Gasteiger partial charge is 0.428 e. The average molecular weight is 494 g/mol. The molecule has 1 aromatic rings. The Bertz CT molecular complexity index is 1060. The van der Waals surface area contributed by atoms with Crippen LogP contribution in [-0.2, 0) is 42.2 Å². The van der Waals surface area contributed by atoms with Crippen LogP contribution in [0.2, 0.25) is 0 Å². The van der Waals surface area contributed by atoms with Gasteiger partial charge in [0, 0.05) is 37.4 Å². The molecule has 2 aliphatic heterocycles. The van der Waals surface area contributed by atoms with Gasteiger partial charge in [0.1, 0.15) is 11.9 Å². The summed E-state index contributed by atoms with van der Waals surface area (Å²) in [4.78, 5) is 43.0.